The molecule has 0 saturated carbocycles. The van der Waals surface area contributed by atoms with Crippen LogP contribution in [0.25, 0.3) is 0 Å². The molecule has 0 heterocycles. The van der Waals surface area contributed by atoms with Crippen LogP contribution >= 0.6 is 0 Å². The molecule has 0 bridgehead atoms. The maximum Gasteiger partial charge on any atom is 0.0205 e. The second kappa shape index (κ2) is 6.35. The second-order valence-corrected chi connectivity index (χ2v) is 6.42. The Morgan fingerprint density at radius 1 is 1.11 bits per heavy atom. The van der Waals surface area contributed by atoms with Crippen molar-refractivity contribution in [3.8, 4) is 0 Å². The van der Waals surface area contributed by atoms with Crippen LogP contribution in [0.3, 0.4) is 0 Å². The zero-order valence-electron chi connectivity index (χ0n) is 12.8. The fourth-order valence-electron chi connectivity index (χ4n) is 2.37. The molecule has 0 aliphatic rings. The van der Waals surface area contributed by atoms with Gasteiger partial charge in [0.05, 0.1) is 0 Å². The largest absolute Gasteiger partial charge is 0.312 e. The van der Waals surface area contributed by atoms with Gasteiger partial charge in [-0.3, -0.25) is 0 Å². The van der Waals surface area contributed by atoms with Crippen LogP contribution in [0.15, 0.2) is 18.2 Å². The van der Waals surface area contributed by atoms with E-state index >= 15 is 0 Å². The number of hydrogen-bond acceptors (Lipinski definition) is 2. The molecule has 1 N–H and O–H groups in total. The first kappa shape index (κ1) is 15.2. The maximum absolute atomic E-state index is 3.57. The maximum atomic E-state index is 3.57. The Balaban J connectivity index is 2.43. The molecule has 0 amide bonds. The quantitative estimate of drug-likeness (QED) is 0.832. The van der Waals surface area contributed by atoms with Crippen LogP contribution < -0.4 is 5.32 Å². The smallest absolute Gasteiger partial charge is 0.0205 e. The molecule has 0 saturated heterocycles. The third-order valence-electron chi connectivity index (χ3n) is 3.25. The van der Waals surface area contributed by atoms with Crippen molar-refractivity contribution in [3.63, 3.8) is 0 Å². The van der Waals surface area contributed by atoms with Crippen LogP contribution in [-0.4, -0.2) is 32.1 Å². The lowest BCUT2D eigenvalue weighted by molar-refractivity contribution is 0.232. The predicted molar refractivity (Wildman–Crippen MR) is 80.0 cm³/mol. The Bertz CT molecular complexity index is 381. The Labute approximate surface area is 112 Å². The number of nitrogens with one attached hydrogen (secondary N) is 1. The van der Waals surface area contributed by atoms with Gasteiger partial charge in [-0.05, 0) is 50.0 Å². The van der Waals surface area contributed by atoms with E-state index in [1.807, 2.05) is 0 Å². The first-order valence-corrected chi connectivity index (χ1v) is 6.72. The monoisotopic (exact) mass is 248 g/mol. The first-order chi connectivity index (χ1) is 8.30. The Morgan fingerprint density at radius 3 is 2.33 bits per heavy atom. The Morgan fingerprint density at radius 2 is 1.78 bits per heavy atom. The Kier molecular flexibility index (Phi) is 5.36. The molecule has 0 aliphatic carbocycles. The summed E-state index contributed by atoms with van der Waals surface area (Å²) in [5.74, 6) is 0. The van der Waals surface area contributed by atoms with E-state index in [1.54, 1.807) is 0 Å². The highest BCUT2D eigenvalue weighted by Crippen LogP contribution is 2.15. The summed E-state index contributed by atoms with van der Waals surface area (Å²) in [5, 5.41) is 3.57. The Hall–Kier alpha value is -0.860. The van der Waals surface area contributed by atoms with Crippen LogP contribution in [0.2, 0.25) is 0 Å². The minimum atomic E-state index is 0.309. The van der Waals surface area contributed by atoms with Gasteiger partial charge in [-0.25, -0.2) is 0 Å². The molecule has 0 fully saturated rings. The average Bonchev–Trinajstić information content (AvgIpc) is 2.21. The normalized spacial score (nSPS) is 12.2. The van der Waals surface area contributed by atoms with E-state index in [0.717, 1.165) is 19.6 Å². The highest BCUT2D eigenvalue weighted by atomic mass is 15.1. The SMILES string of the molecule is Cc1ccc(CNCC(C)(C)CN(C)C)cc1C. The van der Waals surface area contributed by atoms with Gasteiger partial charge in [0, 0.05) is 19.6 Å². The van der Waals surface area contributed by atoms with Crippen molar-refractivity contribution in [2.24, 2.45) is 5.41 Å². The van der Waals surface area contributed by atoms with E-state index in [1.165, 1.54) is 16.7 Å². The van der Waals surface area contributed by atoms with Gasteiger partial charge in [0.1, 0.15) is 0 Å². The van der Waals surface area contributed by atoms with Crippen LogP contribution in [0.1, 0.15) is 30.5 Å². The van der Waals surface area contributed by atoms with Gasteiger partial charge in [0.15, 0.2) is 0 Å². The van der Waals surface area contributed by atoms with Crippen LogP contribution in [0, 0.1) is 19.3 Å². The average molecular weight is 248 g/mol. The number of rotatable bonds is 6. The fraction of sp³-hybridized carbons (Fsp3) is 0.625. The molecule has 1 aromatic rings. The second-order valence-electron chi connectivity index (χ2n) is 6.42. The van der Waals surface area contributed by atoms with Crippen LogP contribution in [0.4, 0.5) is 0 Å². The molecule has 0 aromatic heterocycles. The molecule has 0 radical (unpaired) electrons. The highest BCUT2D eigenvalue weighted by molar-refractivity contribution is 5.29. The van der Waals surface area contributed by atoms with Gasteiger partial charge < -0.3 is 10.2 Å². The summed E-state index contributed by atoms with van der Waals surface area (Å²) in [4.78, 5) is 2.25. The molecule has 0 unspecified atom stereocenters. The first-order valence-electron chi connectivity index (χ1n) is 6.72. The summed E-state index contributed by atoms with van der Waals surface area (Å²) >= 11 is 0. The third-order valence-corrected chi connectivity index (χ3v) is 3.25. The molecule has 102 valence electrons. The molecule has 0 spiro atoms. The van der Waals surface area contributed by atoms with Crippen molar-refractivity contribution in [2.75, 3.05) is 27.2 Å². The highest BCUT2D eigenvalue weighted by Gasteiger charge is 2.17. The molecule has 2 heteroatoms. The number of benzene rings is 1. The van der Waals surface area contributed by atoms with Gasteiger partial charge in [-0.2, -0.15) is 0 Å². The van der Waals surface area contributed by atoms with Crippen molar-refractivity contribution in [1.82, 2.24) is 10.2 Å². The number of nitrogens with zero attached hydrogens (tertiary/aromatic N) is 1. The molecule has 0 atom stereocenters. The molecule has 1 rings (SSSR count). The van der Waals surface area contributed by atoms with Crippen molar-refractivity contribution >= 4 is 0 Å². The molecular formula is C16H28N2. The summed E-state index contributed by atoms with van der Waals surface area (Å²) in [6, 6.07) is 6.70. The van der Waals surface area contributed by atoms with Gasteiger partial charge >= 0.3 is 0 Å². The number of aryl methyl sites for hydroxylation is 2. The standard InChI is InChI=1S/C16H28N2/c1-13-7-8-15(9-14(13)2)10-17-11-16(3,4)12-18(5)6/h7-9,17H,10-12H2,1-6H3. The van der Waals surface area contributed by atoms with Crippen molar-refractivity contribution in [1.29, 1.82) is 0 Å². The van der Waals surface area contributed by atoms with Gasteiger partial charge in [0.25, 0.3) is 0 Å². The minimum Gasteiger partial charge on any atom is -0.312 e. The van der Waals surface area contributed by atoms with Gasteiger partial charge in [-0.1, -0.05) is 32.0 Å². The van der Waals surface area contributed by atoms with Crippen LogP contribution in [-0.2, 0) is 6.54 Å². The molecule has 2 nitrogen and oxygen atoms in total. The van der Waals surface area contributed by atoms with Gasteiger partial charge in [0.2, 0.25) is 0 Å². The van der Waals surface area contributed by atoms with Crippen LogP contribution in [0.5, 0.6) is 0 Å². The van der Waals surface area contributed by atoms with Crippen molar-refractivity contribution in [3.05, 3.63) is 34.9 Å². The lowest BCUT2D eigenvalue weighted by atomic mass is 9.93. The zero-order chi connectivity index (χ0) is 13.8. The van der Waals surface area contributed by atoms with Crippen molar-refractivity contribution < 1.29 is 0 Å². The molecule has 0 aliphatic heterocycles. The molecule has 18 heavy (non-hydrogen) atoms. The fourth-order valence-corrected chi connectivity index (χ4v) is 2.37. The van der Waals surface area contributed by atoms with Gasteiger partial charge in [-0.15, -0.1) is 0 Å². The third kappa shape index (κ3) is 5.19. The van der Waals surface area contributed by atoms with E-state index in [2.05, 4.69) is 70.2 Å². The minimum absolute atomic E-state index is 0.309. The lowest BCUT2D eigenvalue weighted by Crippen LogP contribution is -2.37. The van der Waals surface area contributed by atoms with Crippen molar-refractivity contribution in [2.45, 2.75) is 34.2 Å². The van der Waals surface area contributed by atoms with E-state index in [0.29, 0.717) is 5.41 Å². The number of hydrogen-bond donors (Lipinski definition) is 1. The topological polar surface area (TPSA) is 15.3 Å². The summed E-state index contributed by atoms with van der Waals surface area (Å²) in [6.07, 6.45) is 0. The summed E-state index contributed by atoms with van der Waals surface area (Å²) in [7, 11) is 4.26. The van der Waals surface area contributed by atoms with E-state index < -0.39 is 0 Å². The lowest BCUT2D eigenvalue weighted by Gasteiger charge is -2.28. The predicted octanol–water partition coefficient (Wildman–Crippen LogP) is 2.98. The molecule has 1 aromatic carbocycles. The summed E-state index contributed by atoms with van der Waals surface area (Å²) in [6.45, 7) is 12.0. The summed E-state index contributed by atoms with van der Waals surface area (Å²) < 4.78 is 0. The van der Waals surface area contributed by atoms with E-state index in [4.69, 9.17) is 0 Å². The van der Waals surface area contributed by atoms with E-state index in [-0.39, 0.29) is 0 Å². The molecular weight excluding hydrogens is 220 g/mol. The zero-order valence-corrected chi connectivity index (χ0v) is 12.8. The van der Waals surface area contributed by atoms with E-state index in [9.17, 15) is 0 Å². The summed E-state index contributed by atoms with van der Waals surface area (Å²) in [5.41, 5.74) is 4.43.